The number of carbonyl (C=O) groups excluding carboxylic acids is 1. The number of urea groups is 1. The number of para-hydroxylation sites is 2. The lowest BCUT2D eigenvalue weighted by molar-refractivity contribution is 0.252. The van der Waals surface area contributed by atoms with Gasteiger partial charge < -0.3 is 10.1 Å². The van der Waals surface area contributed by atoms with Gasteiger partial charge in [-0.25, -0.2) is 10.2 Å². The van der Waals surface area contributed by atoms with Crippen LogP contribution in [0.15, 0.2) is 71.8 Å². The number of benzene rings is 3. The van der Waals surface area contributed by atoms with E-state index in [0.29, 0.717) is 21.4 Å². The van der Waals surface area contributed by atoms with E-state index in [1.165, 1.54) is 6.21 Å². The quantitative estimate of drug-likeness (QED) is 0.372. The third-order valence-electron chi connectivity index (χ3n) is 4.08. The van der Waals surface area contributed by atoms with Gasteiger partial charge in [0.1, 0.15) is 12.4 Å². The fraction of sp³-hybridized carbons (Fsp3) is 0.0909. The number of carbonyl (C=O) groups is 1. The molecule has 0 atom stereocenters. The highest BCUT2D eigenvalue weighted by Gasteiger charge is 2.06. The minimum Gasteiger partial charge on any atom is -0.488 e. The monoisotopic (exact) mass is 427 g/mol. The van der Waals surface area contributed by atoms with Crippen molar-refractivity contribution in [1.82, 2.24) is 5.43 Å². The fourth-order valence-corrected chi connectivity index (χ4v) is 3.00. The standard InChI is InChI=1S/C22H19Cl2N3O2/c1-15-6-2-4-8-20(15)26-22(28)27-25-13-16-7-3-5-9-21(16)29-14-17-10-11-18(23)12-19(17)24/h2-13H,14H2,1H3,(H2,26,27,28). The summed E-state index contributed by atoms with van der Waals surface area (Å²) in [5, 5.41) is 7.86. The Balaban J connectivity index is 1.61. The third-order valence-corrected chi connectivity index (χ3v) is 4.67. The van der Waals surface area contributed by atoms with Gasteiger partial charge in [0.05, 0.1) is 6.21 Å². The van der Waals surface area contributed by atoms with Crippen LogP contribution in [-0.2, 0) is 6.61 Å². The predicted octanol–water partition coefficient (Wildman–Crippen LogP) is 6.04. The molecule has 0 bridgehead atoms. The molecule has 5 nitrogen and oxygen atoms in total. The zero-order valence-corrected chi connectivity index (χ0v) is 17.2. The van der Waals surface area contributed by atoms with Crippen molar-refractivity contribution in [2.75, 3.05) is 5.32 Å². The molecule has 0 aliphatic rings. The van der Waals surface area contributed by atoms with Crippen LogP contribution in [0, 0.1) is 6.92 Å². The molecule has 3 aromatic rings. The Labute approximate surface area is 179 Å². The van der Waals surface area contributed by atoms with E-state index in [1.54, 1.807) is 12.1 Å². The number of hydrogen-bond acceptors (Lipinski definition) is 3. The van der Waals surface area contributed by atoms with Gasteiger partial charge in [-0.15, -0.1) is 0 Å². The molecule has 2 amide bonds. The van der Waals surface area contributed by atoms with Crippen LogP contribution in [-0.4, -0.2) is 12.2 Å². The Bertz CT molecular complexity index is 1040. The van der Waals surface area contributed by atoms with Gasteiger partial charge in [-0.1, -0.05) is 59.6 Å². The smallest absolute Gasteiger partial charge is 0.339 e. The lowest BCUT2D eigenvalue weighted by Crippen LogP contribution is -2.24. The Hall–Kier alpha value is -3.02. The molecule has 0 fully saturated rings. The summed E-state index contributed by atoms with van der Waals surface area (Å²) in [5.41, 5.74) is 5.68. The van der Waals surface area contributed by atoms with Crippen molar-refractivity contribution in [2.24, 2.45) is 5.10 Å². The van der Waals surface area contributed by atoms with Crippen molar-refractivity contribution >= 4 is 41.1 Å². The molecule has 3 aromatic carbocycles. The second-order valence-corrected chi connectivity index (χ2v) is 7.04. The lowest BCUT2D eigenvalue weighted by atomic mass is 10.2. The van der Waals surface area contributed by atoms with E-state index in [1.807, 2.05) is 61.5 Å². The van der Waals surface area contributed by atoms with E-state index in [4.69, 9.17) is 27.9 Å². The molecule has 7 heteroatoms. The molecule has 2 N–H and O–H groups in total. The molecule has 0 radical (unpaired) electrons. The molecule has 0 spiro atoms. The summed E-state index contributed by atoms with van der Waals surface area (Å²) in [6, 6.07) is 19.7. The first-order valence-corrected chi connectivity index (χ1v) is 9.60. The van der Waals surface area contributed by atoms with Crippen molar-refractivity contribution in [1.29, 1.82) is 0 Å². The maximum Gasteiger partial charge on any atom is 0.339 e. The number of amides is 2. The van der Waals surface area contributed by atoms with E-state index in [9.17, 15) is 4.79 Å². The lowest BCUT2D eigenvalue weighted by Gasteiger charge is -2.10. The summed E-state index contributed by atoms with van der Waals surface area (Å²) in [6.45, 7) is 2.20. The van der Waals surface area contributed by atoms with Crippen LogP contribution in [0.3, 0.4) is 0 Å². The second kappa shape index (κ2) is 9.96. The first-order chi connectivity index (χ1) is 14.0. The highest BCUT2D eigenvalue weighted by atomic mass is 35.5. The van der Waals surface area contributed by atoms with Crippen molar-refractivity contribution in [3.05, 3.63) is 93.5 Å². The normalized spacial score (nSPS) is 10.7. The summed E-state index contributed by atoms with van der Waals surface area (Å²) in [7, 11) is 0. The topological polar surface area (TPSA) is 62.7 Å². The minimum atomic E-state index is -0.429. The molecule has 0 heterocycles. The number of ether oxygens (including phenoxy) is 1. The molecular formula is C22H19Cl2N3O2. The SMILES string of the molecule is Cc1ccccc1NC(=O)NN=Cc1ccccc1OCc1ccc(Cl)cc1Cl. The Morgan fingerprint density at radius 2 is 1.83 bits per heavy atom. The zero-order valence-electron chi connectivity index (χ0n) is 15.7. The molecular weight excluding hydrogens is 409 g/mol. The van der Waals surface area contributed by atoms with E-state index < -0.39 is 6.03 Å². The summed E-state index contributed by atoms with van der Waals surface area (Å²) in [6.07, 6.45) is 1.52. The third kappa shape index (κ3) is 5.98. The van der Waals surface area contributed by atoms with E-state index in [-0.39, 0.29) is 6.61 Å². The average molecular weight is 428 g/mol. The first-order valence-electron chi connectivity index (χ1n) is 8.84. The van der Waals surface area contributed by atoms with Crippen LogP contribution in [0.5, 0.6) is 5.75 Å². The number of aryl methyl sites for hydroxylation is 1. The van der Waals surface area contributed by atoms with Gasteiger partial charge >= 0.3 is 6.03 Å². The highest BCUT2D eigenvalue weighted by Crippen LogP contribution is 2.24. The molecule has 0 aromatic heterocycles. The van der Waals surface area contributed by atoms with Crippen LogP contribution in [0.2, 0.25) is 10.0 Å². The molecule has 0 aliphatic carbocycles. The number of nitrogens with one attached hydrogen (secondary N) is 2. The first kappa shape index (κ1) is 20.7. The van der Waals surface area contributed by atoms with E-state index in [0.717, 1.165) is 16.8 Å². The summed E-state index contributed by atoms with van der Waals surface area (Å²) < 4.78 is 5.87. The Morgan fingerprint density at radius 1 is 1.07 bits per heavy atom. The molecule has 0 saturated heterocycles. The van der Waals surface area contributed by atoms with Crippen LogP contribution in [0.1, 0.15) is 16.7 Å². The van der Waals surface area contributed by atoms with Gasteiger partial charge in [0.15, 0.2) is 0 Å². The molecule has 0 aliphatic heterocycles. The van der Waals surface area contributed by atoms with Crippen molar-refractivity contribution in [2.45, 2.75) is 13.5 Å². The second-order valence-electron chi connectivity index (χ2n) is 6.20. The van der Waals surface area contributed by atoms with E-state index in [2.05, 4.69) is 15.8 Å². The number of hydrazone groups is 1. The summed E-state index contributed by atoms with van der Waals surface area (Å²) in [4.78, 5) is 12.0. The fourth-order valence-electron chi connectivity index (χ4n) is 2.54. The largest absolute Gasteiger partial charge is 0.488 e. The number of hydrogen-bond donors (Lipinski definition) is 2. The number of halogens is 2. The molecule has 29 heavy (non-hydrogen) atoms. The van der Waals surface area contributed by atoms with Gasteiger partial charge in [-0.05, 0) is 42.8 Å². The van der Waals surface area contributed by atoms with Gasteiger partial charge in [-0.3, -0.25) is 0 Å². The van der Waals surface area contributed by atoms with Gasteiger partial charge in [0.2, 0.25) is 0 Å². The Morgan fingerprint density at radius 3 is 2.62 bits per heavy atom. The number of nitrogens with zero attached hydrogens (tertiary/aromatic N) is 1. The van der Waals surface area contributed by atoms with Crippen LogP contribution in [0.25, 0.3) is 0 Å². The van der Waals surface area contributed by atoms with Crippen LogP contribution in [0.4, 0.5) is 10.5 Å². The number of rotatable bonds is 6. The number of anilines is 1. The van der Waals surface area contributed by atoms with Crippen molar-refractivity contribution < 1.29 is 9.53 Å². The van der Waals surface area contributed by atoms with Crippen molar-refractivity contribution in [3.8, 4) is 5.75 Å². The maximum atomic E-state index is 12.0. The highest BCUT2D eigenvalue weighted by molar-refractivity contribution is 6.35. The molecule has 3 rings (SSSR count). The molecule has 148 valence electrons. The Kier molecular flexibility index (Phi) is 7.11. The van der Waals surface area contributed by atoms with Crippen LogP contribution < -0.4 is 15.5 Å². The minimum absolute atomic E-state index is 0.280. The van der Waals surface area contributed by atoms with Gasteiger partial charge in [0, 0.05) is 26.9 Å². The summed E-state index contributed by atoms with van der Waals surface area (Å²) in [5.74, 6) is 0.614. The average Bonchev–Trinajstić information content (AvgIpc) is 2.70. The molecule has 0 unspecified atom stereocenters. The summed E-state index contributed by atoms with van der Waals surface area (Å²) >= 11 is 12.1. The van der Waals surface area contributed by atoms with Crippen molar-refractivity contribution in [3.63, 3.8) is 0 Å². The van der Waals surface area contributed by atoms with Gasteiger partial charge in [-0.2, -0.15) is 5.10 Å². The van der Waals surface area contributed by atoms with Crippen LogP contribution >= 0.6 is 23.2 Å². The zero-order chi connectivity index (χ0) is 20.6. The predicted molar refractivity (Wildman–Crippen MR) is 118 cm³/mol. The maximum absolute atomic E-state index is 12.0. The van der Waals surface area contributed by atoms with E-state index >= 15 is 0 Å². The van der Waals surface area contributed by atoms with Gasteiger partial charge in [0.25, 0.3) is 0 Å². The molecule has 0 saturated carbocycles.